The van der Waals surface area contributed by atoms with Gasteiger partial charge < -0.3 is 5.41 Å². The van der Waals surface area contributed by atoms with Crippen molar-refractivity contribution in [1.29, 1.82) is 5.41 Å². The molecule has 0 spiro atoms. The van der Waals surface area contributed by atoms with E-state index >= 15 is 0 Å². The number of rotatable bonds is 3. The molecule has 0 aliphatic heterocycles. The zero-order valence-corrected chi connectivity index (χ0v) is 8.24. The fourth-order valence-corrected chi connectivity index (χ4v) is 1.16. The zero-order valence-electron chi connectivity index (χ0n) is 8.24. The van der Waals surface area contributed by atoms with Gasteiger partial charge in [0, 0.05) is 18.0 Å². The normalized spacial score (nSPS) is 10.4. The quantitative estimate of drug-likeness (QED) is 0.575. The number of nitrogens with one attached hydrogen (secondary N) is 1. The van der Waals surface area contributed by atoms with Gasteiger partial charge in [-0.25, -0.2) is 0 Å². The molecule has 0 atom stereocenters. The van der Waals surface area contributed by atoms with E-state index in [1.54, 1.807) is 12.1 Å². The van der Waals surface area contributed by atoms with Gasteiger partial charge in [0.2, 0.25) is 0 Å². The molecule has 0 amide bonds. The molecule has 0 bridgehead atoms. The predicted octanol–water partition coefficient (Wildman–Crippen LogP) is 2.55. The van der Waals surface area contributed by atoms with Gasteiger partial charge in [0.05, 0.1) is 5.69 Å². The van der Waals surface area contributed by atoms with Crippen molar-refractivity contribution in [2.45, 2.75) is 13.8 Å². The summed E-state index contributed by atoms with van der Waals surface area (Å²) in [7, 11) is 0. The molecule has 0 aliphatic carbocycles. The van der Waals surface area contributed by atoms with Crippen LogP contribution >= 0.6 is 0 Å². The van der Waals surface area contributed by atoms with Gasteiger partial charge in [-0.15, -0.1) is 0 Å². The molecular weight excluding hydrogens is 176 g/mol. The molecule has 14 heavy (non-hydrogen) atoms. The standard InChI is InChI=1S/C11H12N2O/c1-8-3-4-11(13-6-5-12)10(7-8)9(2)14/h3-7,12H,1-2H3/b12-5?,13-6-. The van der Waals surface area contributed by atoms with E-state index in [9.17, 15) is 4.79 Å². The Bertz CT molecular complexity index is 394. The van der Waals surface area contributed by atoms with Crippen molar-refractivity contribution in [3.05, 3.63) is 29.3 Å². The van der Waals surface area contributed by atoms with E-state index in [0.29, 0.717) is 11.3 Å². The van der Waals surface area contributed by atoms with Gasteiger partial charge in [-0.2, -0.15) is 0 Å². The number of carbonyl (C=O) groups is 1. The number of aryl methyl sites for hydroxylation is 1. The summed E-state index contributed by atoms with van der Waals surface area (Å²) in [5, 5.41) is 6.81. The Morgan fingerprint density at radius 1 is 1.50 bits per heavy atom. The Labute approximate surface area is 83.0 Å². The van der Waals surface area contributed by atoms with Crippen molar-refractivity contribution in [2.75, 3.05) is 0 Å². The second-order valence-electron chi connectivity index (χ2n) is 3.02. The zero-order chi connectivity index (χ0) is 10.6. The summed E-state index contributed by atoms with van der Waals surface area (Å²) < 4.78 is 0. The summed E-state index contributed by atoms with van der Waals surface area (Å²) in [6.45, 7) is 3.44. The number of hydrogen-bond acceptors (Lipinski definition) is 3. The van der Waals surface area contributed by atoms with Crippen LogP contribution in [0.25, 0.3) is 0 Å². The molecule has 72 valence electrons. The number of carbonyl (C=O) groups excluding carboxylic acids is 1. The van der Waals surface area contributed by atoms with Crippen LogP contribution in [0.5, 0.6) is 0 Å². The average molecular weight is 188 g/mol. The van der Waals surface area contributed by atoms with Gasteiger partial charge in [0.1, 0.15) is 0 Å². The number of hydrogen-bond donors (Lipinski definition) is 1. The molecule has 1 aromatic rings. The second-order valence-corrected chi connectivity index (χ2v) is 3.02. The SMILES string of the molecule is CC(=O)c1cc(C)ccc1/N=C\C=N. The van der Waals surface area contributed by atoms with Crippen LogP contribution in [-0.4, -0.2) is 18.2 Å². The number of nitrogens with zero attached hydrogens (tertiary/aromatic N) is 1. The first kappa shape index (κ1) is 10.3. The monoisotopic (exact) mass is 188 g/mol. The first-order chi connectivity index (χ1) is 6.65. The smallest absolute Gasteiger partial charge is 0.161 e. The van der Waals surface area contributed by atoms with Crippen LogP contribution in [0.15, 0.2) is 23.2 Å². The number of benzene rings is 1. The lowest BCUT2D eigenvalue weighted by Gasteiger charge is -2.02. The van der Waals surface area contributed by atoms with Crippen LogP contribution in [0.1, 0.15) is 22.8 Å². The molecule has 0 radical (unpaired) electrons. The van der Waals surface area contributed by atoms with Gasteiger partial charge >= 0.3 is 0 Å². The highest BCUT2D eigenvalue weighted by Crippen LogP contribution is 2.20. The maximum absolute atomic E-state index is 11.3. The predicted molar refractivity (Wildman–Crippen MR) is 58.1 cm³/mol. The van der Waals surface area contributed by atoms with Crippen LogP contribution in [-0.2, 0) is 0 Å². The summed E-state index contributed by atoms with van der Waals surface area (Å²) >= 11 is 0. The van der Waals surface area contributed by atoms with E-state index in [4.69, 9.17) is 5.41 Å². The second kappa shape index (κ2) is 4.46. The Morgan fingerprint density at radius 2 is 2.21 bits per heavy atom. The molecule has 0 saturated heterocycles. The van der Waals surface area contributed by atoms with Crippen LogP contribution in [0.2, 0.25) is 0 Å². The Balaban J connectivity index is 3.21. The van der Waals surface area contributed by atoms with E-state index < -0.39 is 0 Å². The van der Waals surface area contributed by atoms with Gasteiger partial charge in [0.25, 0.3) is 0 Å². The van der Waals surface area contributed by atoms with Crippen LogP contribution in [0.4, 0.5) is 5.69 Å². The van der Waals surface area contributed by atoms with E-state index in [1.807, 2.05) is 13.0 Å². The Morgan fingerprint density at radius 3 is 2.79 bits per heavy atom. The minimum Gasteiger partial charge on any atom is -0.307 e. The summed E-state index contributed by atoms with van der Waals surface area (Å²) in [6.07, 6.45) is 2.45. The van der Waals surface area contributed by atoms with Crippen LogP contribution in [0, 0.1) is 12.3 Å². The molecule has 1 N–H and O–H groups in total. The summed E-state index contributed by atoms with van der Waals surface area (Å²) in [5.74, 6) is -0.00849. The number of ketones is 1. The molecule has 0 unspecified atom stereocenters. The van der Waals surface area contributed by atoms with Crippen molar-refractivity contribution < 1.29 is 4.79 Å². The minimum atomic E-state index is -0.00849. The third-order valence-electron chi connectivity index (χ3n) is 1.82. The van der Waals surface area contributed by atoms with Crippen molar-refractivity contribution in [1.82, 2.24) is 0 Å². The van der Waals surface area contributed by atoms with Crippen molar-refractivity contribution in [3.63, 3.8) is 0 Å². The largest absolute Gasteiger partial charge is 0.307 e. The van der Waals surface area contributed by atoms with Crippen molar-refractivity contribution >= 4 is 23.9 Å². The van der Waals surface area contributed by atoms with Crippen LogP contribution < -0.4 is 0 Å². The molecule has 0 saturated carbocycles. The van der Waals surface area contributed by atoms with E-state index in [-0.39, 0.29) is 5.78 Å². The lowest BCUT2D eigenvalue weighted by Crippen LogP contribution is -1.93. The van der Waals surface area contributed by atoms with Crippen molar-refractivity contribution in [2.24, 2.45) is 4.99 Å². The lowest BCUT2D eigenvalue weighted by atomic mass is 10.1. The van der Waals surface area contributed by atoms with Gasteiger partial charge in [-0.3, -0.25) is 9.79 Å². The molecular formula is C11H12N2O. The highest BCUT2D eigenvalue weighted by molar-refractivity contribution is 6.15. The summed E-state index contributed by atoms with van der Waals surface area (Å²) in [5.41, 5.74) is 2.25. The molecule has 0 heterocycles. The number of aliphatic imine (C=N–C) groups is 1. The third-order valence-corrected chi connectivity index (χ3v) is 1.82. The first-order valence-electron chi connectivity index (χ1n) is 4.30. The van der Waals surface area contributed by atoms with Crippen LogP contribution in [0.3, 0.4) is 0 Å². The van der Waals surface area contributed by atoms with E-state index in [0.717, 1.165) is 11.8 Å². The molecule has 3 nitrogen and oxygen atoms in total. The topological polar surface area (TPSA) is 53.3 Å². The van der Waals surface area contributed by atoms with E-state index in [2.05, 4.69) is 4.99 Å². The molecule has 0 aliphatic rings. The van der Waals surface area contributed by atoms with Gasteiger partial charge in [-0.05, 0) is 26.0 Å². The fourth-order valence-electron chi connectivity index (χ4n) is 1.16. The van der Waals surface area contributed by atoms with Gasteiger partial charge in [0.15, 0.2) is 5.78 Å². The van der Waals surface area contributed by atoms with Crippen molar-refractivity contribution in [3.8, 4) is 0 Å². The summed E-state index contributed by atoms with van der Waals surface area (Å²) in [4.78, 5) is 15.2. The Hall–Kier alpha value is -1.77. The summed E-state index contributed by atoms with van der Waals surface area (Å²) in [6, 6.07) is 5.48. The number of Topliss-reactive ketones (excluding diaryl/α,β-unsaturated/α-hetero) is 1. The first-order valence-corrected chi connectivity index (χ1v) is 4.30. The maximum Gasteiger partial charge on any atom is 0.161 e. The molecule has 3 heteroatoms. The molecule has 1 rings (SSSR count). The van der Waals surface area contributed by atoms with Gasteiger partial charge in [-0.1, -0.05) is 11.6 Å². The minimum absolute atomic E-state index is 0.00849. The fraction of sp³-hybridized carbons (Fsp3) is 0.182. The molecule has 0 aromatic heterocycles. The molecule has 1 aromatic carbocycles. The highest BCUT2D eigenvalue weighted by Gasteiger charge is 2.05. The lowest BCUT2D eigenvalue weighted by molar-refractivity contribution is 0.101. The average Bonchev–Trinajstić information content (AvgIpc) is 2.15. The van der Waals surface area contributed by atoms with E-state index in [1.165, 1.54) is 13.1 Å². The molecule has 0 fully saturated rings. The maximum atomic E-state index is 11.3. The Kier molecular flexibility index (Phi) is 3.29. The third kappa shape index (κ3) is 2.36. The highest BCUT2D eigenvalue weighted by atomic mass is 16.1.